The largest absolute Gasteiger partial charge is 0.455 e. The third-order valence-corrected chi connectivity index (χ3v) is 4.22. The molecule has 6 heteroatoms. The van der Waals surface area contributed by atoms with Gasteiger partial charge in [0.1, 0.15) is 0 Å². The Morgan fingerprint density at radius 2 is 1.46 bits per heavy atom. The second-order valence-electron chi connectivity index (χ2n) is 6.92. The van der Waals surface area contributed by atoms with Gasteiger partial charge in [-0.15, -0.1) is 0 Å². The molecule has 0 saturated heterocycles. The number of hydrogen-bond acceptors (Lipinski definition) is 4. The quantitative estimate of drug-likeness (QED) is 0.721. The van der Waals surface area contributed by atoms with Crippen LogP contribution in [0.5, 0.6) is 0 Å². The lowest BCUT2D eigenvalue weighted by molar-refractivity contribution is -0.147. The molecule has 2 aromatic carbocycles. The Morgan fingerprint density at radius 3 is 2.07 bits per heavy atom. The van der Waals surface area contributed by atoms with Gasteiger partial charge < -0.3 is 15.4 Å². The minimum Gasteiger partial charge on any atom is -0.455 e. The number of ether oxygens (including phenoxy) is 1. The number of nitrogens with one attached hydrogen (secondary N) is 2. The molecule has 2 N–H and O–H groups in total. The van der Waals surface area contributed by atoms with E-state index in [0.717, 1.165) is 33.5 Å². The molecule has 0 atom stereocenters. The summed E-state index contributed by atoms with van der Waals surface area (Å²) in [6.45, 7) is 7.18. The van der Waals surface area contributed by atoms with Gasteiger partial charge >= 0.3 is 5.97 Å². The topological polar surface area (TPSA) is 84.5 Å². The van der Waals surface area contributed by atoms with E-state index in [1.807, 2.05) is 64.1 Å². The molecule has 0 saturated carbocycles. The number of esters is 1. The second kappa shape index (κ2) is 9.69. The lowest BCUT2D eigenvalue weighted by atomic mass is 10.1. The van der Waals surface area contributed by atoms with E-state index >= 15 is 0 Å². The van der Waals surface area contributed by atoms with E-state index in [0.29, 0.717) is 0 Å². The van der Waals surface area contributed by atoms with Gasteiger partial charge in [0.2, 0.25) is 5.91 Å². The molecule has 148 valence electrons. The summed E-state index contributed by atoms with van der Waals surface area (Å²) in [7, 11) is 0. The van der Waals surface area contributed by atoms with Gasteiger partial charge in [-0.2, -0.15) is 0 Å². The van der Waals surface area contributed by atoms with Crippen molar-refractivity contribution in [1.82, 2.24) is 5.32 Å². The maximum Gasteiger partial charge on any atom is 0.310 e. The SMILES string of the molecule is Cc1ccc(CC(=O)OCC(=O)NCC(=O)Nc2c(C)cc(C)cc2C)cc1. The van der Waals surface area contributed by atoms with Crippen molar-refractivity contribution < 1.29 is 19.1 Å². The Labute approximate surface area is 165 Å². The third kappa shape index (κ3) is 6.54. The van der Waals surface area contributed by atoms with Gasteiger partial charge in [0, 0.05) is 5.69 Å². The molecule has 0 spiro atoms. The smallest absolute Gasteiger partial charge is 0.310 e. The molecular formula is C22H26N2O4. The predicted molar refractivity (Wildman–Crippen MR) is 108 cm³/mol. The van der Waals surface area contributed by atoms with E-state index in [-0.39, 0.29) is 18.9 Å². The van der Waals surface area contributed by atoms with E-state index in [1.165, 1.54) is 0 Å². The first-order valence-electron chi connectivity index (χ1n) is 9.10. The highest BCUT2D eigenvalue weighted by Crippen LogP contribution is 2.21. The van der Waals surface area contributed by atoms with Crippen molar-refractivity contribution in [1.29, 1.82) is 0 Å². The van der Waals surface area contributed by atoms with Crippen LogP contribution in [0.15, 0.2) is 36.4 Å². The maximum atomic E-state index is 12.1. The van der Waals surface area contributed by atoms with Gasteiger partial charge in [-0.05, 0) is 44.4 Å². The summed E-state index contributed by atoms with van der Waals surface area (Å²) in [4.78, 5) is 35.7. The molecule has 0 aromatic heterocycles. The number of benzene rings is 2. The minimum atomic E-state index is -0.523. The molecule has 28 heavy (non-hydrogen) atoms. The highest BCUT2D eigenvalue weighted by Gasteiger charge is 2.12. The predicted octanol–water partition coefficient (Wildman–Crippen LogP) is 2.76. The van der Waals surface area contributed by atoms with Crippen molar-refractivity contribution >= 4 is 23.5 Å². The molecule has 0 aliphatic rings. The summed E-state index contributed by atoms with van der Waals surface area (Å²) in [5, 5.41) is 5.25. The number of aryl methyl sites for hydroxylation is 4. The molecule has 2 amide bonds. The zero-order valence-corrected chi connectivity index (χ0v) is 16.7. The van der Waals surface area contributed by atoms with Crippen LogP contribution in [0.25, 0.3) is 0 Å². The summed E-state index contributed by atoms with van der Waals surface area (Å²) in [5.74, 6) is -1.35. The zero-order valence-electron chi connectivity index (χ0n) is 16.7. The van der Waals surface area contributed by atoms with Gasteiger partial charge in [0.05, 0.1) is 13.0 Å². The molecule has 0 fully saturated rings. The molecule has 0 unspecified atom stereocenters. The number of hydrogen-bond donors (Lipinski definition) is 2. The summed E-state index contributed by atoms with van der Waals surface area (Å²) < 4.78 is 4.96. The van der Waals surface area contributed by atoms with Crippen LogP contribution in [0.1, 0.15) is 27.8 Å². The van der Waals surface area contributed by atoms with Crippen LogP contribution in [0.3, 0.4) is 0 Å². The molecular weight excluding hydrogens is 356 g/mol. The van der Waals surface area contributed by atoms with Crippen LogP contribution < -0.4 is 10.6 Å². The van der Waals surface area contributed by atoms with E-state index in [9.17, 15) is 14.4 Å². The molecule has 6 nitrogen and oxygen atoms in total. The average molecular weight is 382 g/mol. The molecule has 2 aromatic rings. The maximum absolute atomic E-state index is 12.1. The minimum absolute atomic E-state index is 0.0972. The summed E-state index contributed by atoms with van der Waals surface area (Å²) in [5.41, 5.74) is 5.71. The summed E-state index contributed by atoms with van der Waals surface area (Å²) in [6.07, 6.45) is 0.0972. The Hall–Kier alpha value is -3.15. The summed E-state index contributed by atoms with van der Waals surface area (Å²) in [6, 6.07) is 11.5. The highest BCUT2D eigenvalue weighted by atomic mass is 16.5. The van der Waals surface area contributed by atoms with E-state index in [2.05, 4.69) is 10.6 Å². The number of anilines is 1. The Morgan fingerprint density at radius 1 is 0.857 bits per heavy atom. The standard InChI is InChI=1S/C22H26N2O4/c1-14-5-7-18(8-6-14)11-21(27)28-13-20(26)23-12-19(25)24-22-16(3)9-15(2)10-17(22)4/h5-10H,11-13H2,1-4H3,(H,23,26)(H,24,25). The molecule has 0 radical (unpaired) electrons. The van der Waals surface area contributed by atoms with E-state index in [1.54, 1.807) is 0 Å². The second-order valence-corrected chi connectivity index (χ2v) is 6.92. The summed E-state index contributed by atoms with van der Waals surface area (Å²) >= 11 is 0. The van der Waals surface area contributed by atoms with Crippen molar-refractivity contribution in [3.63, 3.8) is 0 Å². The van der Waals surface area contributed by atoms with Gasteiger partial charge in [-0.25, -0.2) is 0 Å². The monoisotopic (exact) mass is 382 g/mol. The number of amides is 2. The fourth-order valence-electron chi connectivity index (χ4n) is 2.86. The van der Waals surface area contributed by atoms with E-state index < -0.39 is 18.5 Å². The lowest BCUT2D eigenvalue weighted by Crippen LogP contribution is -2.36. The highest BCUT2D eigenvalue weighted by molar-refractivity contribution is 5.96. The van der Waals surface area contributed by atoms with Crippen molar-refractivity contribution in [2.45, 2.75) is 34.1 Å². The van der Waals surface area contributed by atoms with Crippen LogP contribution in [-0.2, 0) is 25.5 Å². The van der Waals surface area contributed by atoms with Gasteiger partial charge in [0.25, 0.3) is 5.91 Å². The Kier molecular flexibility index (Phi) is 7.32. The molecule has 0 bridgehead atoms. The molecule has 0 aliphatic heterocycles. The molecule has 2 rings (SSSR count). The fraction of sp³-hybridized carbons (Fsp3) is 0.318. The molecule has 0 heterocycles. The normalized spacial score (nSPS) is 10.3. The van der Waals surface area contributed by atoms with Crippen molar-refractivity contribution in [2.24, 2.45) is 0 Å². The zero-order chi connectivity index (χ0) is 20.7. The van der Waals surface area contributed by atoms with Crippen molar-refractivity contribution in [3.05, 3.63) is 64.2 Å². The van der Waals surface area contributed by atoms with E-state index in [4.69, 9.17) is 4.74 Å². The lowest BCUT2D eigenvalue weighted by Gasteiger charge is -2.13. The Balaban J connectivity index is 1.74. The van der Waals surface area contributed by atoms with Crippen LogP contribution in [0.4, 0.5) is 5.69 Å². The van der Waals surface area contributed by atoms with Gasteiger partial charge in [-0.3, -0.25) is 14.4 Å². The van der Waals surface area contributed by atoms with Crippen LogP contribution >= 0.6 is 0 Å². The fourth-order valence-corrected chi connectivity index (χ4v) is 2.86. The van der Waals surface area contributed by atoms with Crippen LogP contribution in [0, 0.1) is 27.7 Å². The first kappa shape index (κ1) is 21.2. The Bertz CT molecular complexity index is 850. The van der Waals surface area contributed by atoms with Crippen LogP contribution in [0.2, 0.25) is 0 Å². The van der Waals surface area contributed by atoms with Crippen molar-refractivity contribution in [2.75, 3.05) is 18.5 Å². The first-order valence-corrected chi connectivity index (χ1v) is 9.10. The first-order chi connectivity index (χ1) is 13.2. The number of carbonyl (C=O) groups is 3. The van der Waals surface area contributed by atoms with Gasteiger partial charge in [0.15, 0.2) is 6.61 Å². The van der Waals surface area contributed by atoms with Crippen LogP contribution in [-0.4, -0.2) is 30.9 Å². The number of carbonyl (C=O) groups excluding carboxylic acids is 3. The van der Waals surface area contributed by atoms with Crippen molar-refractivity contribution in [3.8, 4) is 0 Å². The van der Waals surface area contributed by atoms with Gasteiger partial charge in [-0.1, -0.05) is 47.5 Å². The molecule has 0 aliphatic carbocycles. The number of rotatable bonds is 7. The third-order valence-electron chi connectivity index (χ3n) is 4.22. The average Bonchev–Trinajstić information content (AvgIpc) is 2.63.